The van der Waals surface area contributed by atoms with Crippen molar-refractivity contribution in [3.8, 4) is 0 Å². The van der Waals surface area contributed by atoms with Crippen molar-refractivity contribution in [2.45, 2.75) is 26.2 Å². The van der Waals surface area contributed by atoms with Gasteiger partial charge in [0.05, 0.1) is 13.2 Å². The van der Waals surface area contributed by atoms with E-state index in [-0.39, 0.29) is 11.3 Å². The fourth-order valence-corrected chi connectivity index (χ4v) is 3.21. The number of halogens is 1. The van der Waals surface area contributed by atoms with Crippen LogP contribution in [0.4, 0.5) is 0 Å². The van der Waals surface area contributed by atoms with Gasteiger partial charge in [-0.15, -0.1) is 0 Å². The van der Waals surface area contributed by atoms with Gasteiger partial charge in [-0.1, -0.05) is 56.6 Å². The minimum Gasteiger partial charge on any atom is -0.378 e. The molecule has 0 bridgehead atoms. The van der Waals surface area contributed by atoms with E-state index in [9.17, 15) is 4.79 Å². The Bertz CT molecular complexity index is 832. The number of hydrogen-bond donors (Lipinski definition) is 0. The van der Waals surface area contributed by atoms with Crippen LogP contribution in [-0.2, 0) is 14.9 Å². The number of carbonyl (C=O) groups is 1. The van der Waals surface area contributed by atoms with E-state index in [4.69, 9.17) is 16.3 Å². The number of benzene rings is 1. The van der Waals surface area contributed by atoms with Crippen LogP contribution in [0.3, 0.4) is 0 Å². The summed E-state index contributed by atoms with van der Waals surface area (Å²) >= 11 is 6.02. The van der Waals surface area contributed by atoms with Crippen LogP contribution in [0, 0.1) is 0 Å². The van der Waals surface area contributed by atoms with Crippen molar-refractivity contribution < 1.29 is 9.53 Å². The SMILES string of the molecule is CC(C)(C)c1ccc(/C(=C\c2ccnc(Cl)c2)C(=O)N2CCOCC2)cc1. The molecule has 1 saturated heterocycles. The lowest BCUT2D eigenvalue weighted by molar-refractivity contribution is -0.128. The van der Waals surface area contributed by atoms with Gasteiger partial charge in [0.25, 0.3) is 5.91 Å². The molecule has 1 aromatic heterocycles. The largest absolute Gasteiger partial charge is 0.378 e. The van der Waals surface area contributed by atoms with Crippen LogP contribution in [0.25, 0.3) is 11.6 Å². The molecule has 1 aliphatic rings. The van der Waals surface area contributed by atoms with Crippen molar-refractivity contribution in [2.24, 2.45) is 0 Å². The second-order valence-corrected chi connectivity index (χ2v) is 8.09. The summed E-state index contributed by atoms with van der Waals surface area (Å²) in [6.07, 6.45) is 3.53. The fraction of sp³-hybridized carbons (Fsp3) is 0.364. The molecule has 1 amide bonds. The maximum absolute atomic E-state index is 13.2. The van der Waals surface area contributed by atoms with E-state index in [1.807, 2.05) is 29.2 Å². The molecule has 142 valence electrons. The molecule has 1 aromatic carbocycles. The maximum atomic E-state index is 13.2. The summed E-state index contributed by atoms with van der Waals surface area (Å²) in [7, 11) is 0. The first-order valence-corrected chi connectivity index (χ1v) is 9.53. The van der Waals surface area contributed by atoms with Crippen molar-refractivity contribution in [3.63, 3.8) is 0 Å². The van der Waals surface area contributed by atoms with E-state index >= 15 is 0 Å². The number of ether oxygens (including phenoxy) is 1. The fourth-order valence-electron chi connectivity index (χ4n) is 3.03. The predicted octanol–water partition coefficient (Wildman–Crippen LogP) is 4.43. The van der Waals surface area contributed by atoms with Gasteiger partial charge >= 0.3 is 0 Å². The molecule has 0 radical (unpaired) electrons. The summed E-state index contributed by atoms with van der Waals surface area (Å²) in [6.45, 7) is 8.89. The van der Waals surface area contributed by atoms with Crippen LogP contribution in [0.1, 0.15) is 37.5 Å². The molecular weight excluding hydrogens is 360 g/mol. The summed E-state index contributed by atoms with van der Waals surface area (Å²) < 4.78 is 5.38. The smallest absolute Gasteiger partial charge is 0.254 e. The van der Waals surface area contributed by atoms with Crippen LogP contribution in [-0.4, -0.2) is 42.1 Å². The van der Waals surface area contributed by atoms with Crippen LogP contribution < -0.4 is 0 Å². The van der Waals surface area contributed by atoms with Gasteiger partial charge in [-0.05, 0) is 40.3 Å². The van der Waals surface area contributed by atoms with Crippen LogP contribution in [0.2, 0.25) is 5.15 Å². The Hall–Kier alpha value is -2.17. The highest BCUT2D eigenvalue weighted by atomic mass is 35.5. The molecule has 0 aliphatic carbocycles. The van der Waals surface area contributed by atoms with E-state index in [0.717, 1.165) is 11.1 Å². The van der Waals surface area contributed by atoms with Crippen LogP contribution in [0.5, 0.6) is 0 Å². The highest BCUT2D eigenvalue weighted by molar-refractivity contribution is 6.29. The summed E-state index contributed by atoms with van der Waals surface area (Å²) in [6, 6.07) is 11.8. The second kappa shape index (κ2) is 8.24. The number of amides is 1. The Balaban J connectivity index is 2.00. The third-order valence-electron chi connectivity index (χ3n) is 4.65. The van der Waals surface area contributed by atoms with Gasteiger partial charge in [-0.2, -0.15) is 0 Å². The molecule has 3 rings (SSSR count). The monoisotopic (exact) mass is 384 g/mol. The first-order valence-electron chi connectivity index (χ1n) is 9.16. The van der Waals surface area contributed by atoms with Crippen molar-refractivity contribution in [3.05, 3.63) is 64.4 Å². The third-order valence-corrected chi connectivity index (χ3v) is 4.86. The normalized spacial score (nSPS) is 15.7. The van der Waals surface area contributed by atoms with Crippen LogP contribution >= 0.6 is 11.6 Å². The van der Waals surface area contributed by atoms with Gasteiger partial charge < -0.3 is 9.64 Å². The van der Waals surface area contributed by atoms with Crippen molar-refractivity contribution in [1.82, 2.24) is 9.88 Å². The average Bonchev–Trinajstić information content (AvgIpc) is 2.66. The van der Waals surface area contributed by atoms with Gasteiger partial charge in [0.1, 0.15) is 5.15 Å². The number of nitrogens with zero attached hydrogens (tertiary/aromatic N) is 2. The lowest BCUT2D eigenvalue weighted by Crippen LogP contribution is -2.41. The average molecular weight is 385 g/mol. The Morgan fingerprint density at radius 1 is 1.15 bits per heavy atom. The summed E-state index contributed by atoms with van der Waals surface area (Å²) in [5.74, 6) is 0.00902. The zero-order chi connectivity index (χ0) is 19.4. The molecule has 0 saturated carbocycles. The summed E-state index contributed by atoms with van der Waals surface area (Å²) in [4.78, 5) is 19.1. The number of morpholine rings is 1. The Kier molecular flexibility index (Phi) is 5.98. The van der Waals surface area contributed by atoms with Gasteiger partial charge in [0.15, 0.2) is 0 Å². The molecule has 0 spiro atoms. The Morgan fingerprint density at radius 2 is 1.81 bits per heavy atom. The Labute approximate surface area is 165 Å². The predicted molar refractivity (Wildman–Crippen MR) is 110 cm³/mol. The zero-order valence-electron chi connectivity index (χ0n) is 16.0. The van der Waals surface area contributed by atoms with Crippen molar-refractivity contribution in [2.75, 3.05) is 26.3 Å². The highest BCUT2D eigenvalue weighted by Gasteiger charge is 2.22. The van der Waals surface area contributed by atoms with Gasteiger partial charge in [0.2, 0.25) is 0 Å². The Morgan fingerprint density at radius 3 is 2.41 bits per heavy atom. The van der Waals surface area contributed by atoms with E-state index in [0.29, 0.717) is 37.0 Å². The molecule has 0 N–H and O–H groups in total. The second-order valence-electron chi connectivity index (χ2n) is 7.70. The molecule has 0 atom stereocenters. The van der Waals surface area contributed by atoms with Crippen molar-refractivity contribution >= 4 is 29.2 Å². The van der Waals surface area contributed by atoms with Gasteiger partial charge in [0, 0.05) is 24.9 Å². The van der Waals surface area contributed by atoms with Gasteiger partial charge in [-0.25, -0.2) is 4.98 Å². The molecule has 0 unspecified atom stereocenters. The highest BCUT2D eigenvalue weighted by Crippen LogP contribution is 2.27. The van der Waals surface area contributed by atoms with E-state index in [1.54, 1.807) is 12.3 Å². The van der Waals surface area contributed by atoms with Crippen LogP contribution in [0.15, 0.2) is 42.6 Å². The number of aromatic nitrogens is 1. The van der Waals surface area contributed by atoms with Crippen molar-refractivity contribution in [1.29, 1.82) is 0 Å². The molecule has 1 fully saturated rings. The molecular formula is C22H25ClN2O2. The standard InChI is InChI=1S/C22H25ClN2O2/c1-22(2,3)18-6-4-17(5-7-18)19(14-16-8-9-24-20(23)15-16)21(26)25-10-12-27-13-11-25/h4-9,14-15H,10-13H2,1-3H3/b19-14+. The topological polar surface area (TPSA) is 42.4 Å². The van der Waals surface area contributed by atoms with E-state index in [1.165, 1.54) is 5.56 Å². The first-order chi connectivity index (χ1) is 12.8. The van der Waals surface area contributed by atoms with E-state index < -0.39 is 0 Å². The molecule has 4 nitrogen and oxygen atoms in total. The lowest BCUT2D eigenvalue weighted by atomic mass is 9.86. The molecule has 2 heterocycles. The van der Waals surface area contributed by atoms with E-state index in [2.05, 4.69) is 37.9 Å². The molecule has 2 aromatic rings. The summed E-state index contributed by atoms with van der Waals surface area (Å²) in [5, 5.41) is 0.407. The lowest BCUT2D eigenvalue weighted by Gasteiger charge is -2.28. The minimum absolute atomic E-state index is 0.00902. The maximum Gasteiger partial charge on any atom is 0.254 e. The minimum atomic E-state index is 0.00902. The third kappa shape index (κ3) is 4.96. The zero-order valence-corrected chi connectivity index (χ0v) is 16.8. The number of pyridine rings is 1. The summed E-state index contributed by atoms with van der Waals surface area (Å²) in [5.41, 5.74) is 3.70. The van der Waals surface area contributed by atoms with Gasteiger partial charge in [-0.3, -0.25) is 4.79 Å². The molecule has 5 heteroatoms. The molecule has 1 aliphatic heterocycles. The molecule has 27 heavy (non-hydrogen) atoms. The first kappa shape index (κ1) is 19.6. The quantitative estimate of drug-likeness (QED) is 0.580. The number of hydrogen-bond acceptors (Lipinski definition) is 3. The number of rotatable bonds is 3. The number of carbonyl (C=O) groups excluding carboxylic acids is 1.